The van der Waals surface area contributed by atoms with Gasteiger partial charge in [0.2, 0.25) is 5.95 Å². The van der Waals surface area contributed by atoms with E-state index in [2.05, 4.69) is 20.6 Å². The van der Waals surface area contributed by atoms with Crippen LogP contribution in [0.25, 0.3) is 0 Å². The molecule has 2 atom stereocenters. The van der Waals surface area contributed by atoms with Crippen molar-refractivity contribution in [2.24, 2.45) is 5.92 Å². The molecule has 0 fully saturated rings. The van der Waals surface area contributed by atoms with E-state index >= 15 is 0 Å². The molecule has 1 amide bonds. The van der Waals surface area contributed by atoms with Crippen molar-refractivity contribution < 1.29 is 24.2 Å². The molecule has 3 aromatic rings. The second kappa shape index (κ2) is 14.5. The first kappa shape index (κ1) is 28.3. The van der Waals surface area contributed by atoms with Gasteiger partial charge < -0.3 is 20.5 Å². The van der Waals surface area contributed by atoms with Crippen LogP contribution in [0.3, 0.4) is 0 Å². The van der Waals surface area contributed by atoms with E-state index in [1.165, 1.54) is 0 Å². The molecule has 2 unspecified atom stereocenters. The zero-order valence-corrected chi connectivity index (χ0v) is 21.7. The monoisotopic (exact) mass is 518 g/mol. The van der Waals surface area contributed by atoms with Gasteiger partial charge in [-0.05, 0) is 50.3 Å². The number of benzene rings is 2. The molecule has 0 saturated carbocycles. The fraction of sp³-hybridized carbons (Fsp3) is 0.345. The van der Waals surface area contributed by atoms with Crippen LogP contribution in [0.5, 0.6) is 0 Å². The summed E-state index contributed by atoms with van der Waals surface area (Å²) in [6.07, 6.45) is 0.101. The Morgan fingerprint density at radius 3 is 2.13 bits per heavy atom. The van der Waals surface area contributed by atoms with Gasteiger partial charge in [0.05, 0.1) is 12.0 Å². The lowest BCUT2D eigenvalue weighted by molar-refractivity contribution is -0.144. The van der Waals surface area contributed by atoms with Gasteiger partial charge in [-0.15, -0.1) is 0 Å². The van der Waals surface area contributed by atoms with Gasteiger partial charge in [-0.1, -0.05) is 60.7 Å². The van der Waals surface area contributed by atoms with E-state index in [1.54, 1.807) is 0 Å². The largest absolute Gasteiger partial charge is 0.481 e. The van der Waals surface area contributed by atoms with Crippen molar-refractivity contribution in [3.8, 4) is 0 Å². The number of alkyl carbamates (subject to hydrolysis) is 1. The molecule has 0 aliphatic rings. The van der Waals surface area contributed by atoms with Crippen LogP contribution in [0.15, 0.2) is 66.7 Å². The minimum Gasteiger partial charge on any atom is -0.481 e. The molecule has 3 N–H and O–H groups in total. The predicted octanol–water partition coefficient (Wildman–Crippen LogP) is 4.48. The molecule has 9 nitrogen and oxygen atoms in total. The molecule has 3 rings (SSSR count). The lowest BCUT2D eigenvalue weighted by Crippen LogP contribution is -2.42. The van der Waals surface area contributed by atoms with E-state index in [1.807, 2.05) is 80.6 Å². The number of nitrogens with one attached hydrogen (secondary N) is 2. The molecule has 0 spiro atoms. The molecular formula is C29H34N4O5. The number of hydrogen-bond acceptors (Lipinski definition) is 7. The zero-order valence-electron chi connectivity index (χ0n) is 21.7. The number of ether oxygens (including phenoxy) is 1. The third-order valence-corrected chi connectivity index (χ3v) is 5.95. The molecule has 0 aliphatic carbocycles. The SMILES string of the molecule is Cc1cc(C)nc(NCCCC(NC(=O)OCc2ccccc2)C(=O)CC(Cc2ccccc2)C(=O)O)n1. The van der Waals surface area contributed by atoms with E-state index in [4.69, 9.17) is 4.74 Å². The molecule has 9 heteroatoms. The summed E-state index contributed by atoms with van der Waals surface area (Å²) in [6, 6.07) is 19.4. The average Bonchev–Trinajstić information content (AvgIpc) is 2.89. The Bertz CT molecular complexity index is 1180. The van der Waals surface area contributed by atoms with Crippen molar-refractivity contribution in [1.82, 2.24) is 15.3 Å². The van der Waals surface area contributed by atoms with Gasteiger partial charge in [-0.25, -0.2) is 14.8 Å². The summed E-state index contributed by atoms with van der Waals surface area (Å²) in [6.45, 7) is 4.30. The molecule has 1 heterocycles. The van der Waals surface area contributed by atoms with Gasteiger partial charge in [0, 0.05) is 24.4 Å². The van der Waals surface area contributed by atoms with Crippen LogP contribution in [0.4, 0.5) is 10.7 Å². The van der Waals surface area contributed by atoms with Gasteiger partial charge in [0.25, 0.3) is 0 Å². The van der Waals surface area contributed by atoms with E-state index < -0.39 is 24.0 Å². The Labute approximate surface area is 222 Å². The number of Topliss-reactive ketones (excluding diaryl/α,β-unsaturated/α-hetero) is 1. The number of aliphatic carboxylic acids is 1. The standard InChI is InChI=1S/C29H34N4O5/c1-20-16-21(2)32-28(31-20)30-15-9-14-25(33-29(37)38-19-23-12-7-4-8-13-23)26(34)18-24(27(35)36)17-22-10-5-3-6-11-22/h3-8,10-13,16,24-25H,9,14-15,17-19H2,1-2H3,(H,33,37)(H,35,36)(H,30,31,32). The number of ketones is 1. The fourth-order valence-electron chi connectivity index (χ4n) is 4.06. The van der Waals surface area contributed by atoms with Gasteiger partial charge >= 0.3 is 12.1 Å². The number of rotatable bonds is 14. The maximum atomic E-state index is 13.2. The number of anilines is 1. The van der Waals surface area contributed by atoms with Crippen LogP contribution in [-0.4, -0.2) is 45.5 Å². The summed E-state index contributed by atoms with van der Waals surface area (Å²) in [4.78, 5) is 46.4. The molecule has 200 valence electrons. The number of carbonyl (C=O) groups excluding carboxylic acids is 2. The van der Waals surface area contributed by atoms with Crippen LogP contribution in [0.2, 0.25) is 0 Å². The third-order valence-electron chi connectivity index (χ3n) is 5.95. The van der Waals surface area contributed by atoms with E-state index in [0.717, 1.165) is 22.5 Å². The van der Waals surface area contributed by atoms with E-state index in [-0.39, 0.29) is 25.2 Å². The molecular weight excluding hydrogens is 484 g/mol. The van der Waals surface area contributed by atoms with Crippen molar-refractivity contribution in [2.45, 2.75) is 52.2 Å². The van der Waals surface area contributed by atoms with E-state index in [9.17, 15) is 19.5 Å². The Hall–Kier alpha value is -4.27. The van der Waals surface area contributed by atoms with Crippen molar-refractivity contribution >= 4 is 23.8 Å². The molecule has 0 aliphatic heterocycles. The number of aromatic nitrogens is 2. The van der Waals surface area contributed by atoms with Crippen molar-refractivity contribution in [3.05, 3.63) is 89.2 Å². The van der Waals surface area contributed by atoms with Gasteiger partial charge in [-0.3, -0.25) is 9.59 Å². The van der Waals surface area contributed by atoms with Gasteiger partial charge in [-0.2, -0.15) is 0 Å². The molecule has 38 heavy (non-hydrogen) atoms. The van der Waals surface area contributed by atoms with Crippen LogP contribution in [-0.2, 0) is 27.4 Å². The number of carboxylic acid groups (broad SMARTS) is 1. The first-order chi connectivity index (χ1) is 18.3. The first-order valence-corrected chi connectivity index (χ1v) is 12.6. The number of aryl methyl sites for hydroxylation is 2. The number of amides is 1. The lowest BCUT2D eigenvalue weighted by atomic mass is 9.91. The maximum Gasteiger partial charge on any atom is 0.408 e. The summed E-state index contributed by atoms with van der Waals surface area (Å²) in [5.74, 6) is -1.82. The second-order valence-electron chi connectivity index (χ2n) is 9.20. The smallest absolute Gasteiger partial charge is 0.408 e. The minimum absolute atomic E-state index is 0.0605. The summed E-state index contributed by atoms with van der Waals surface area (Å²) >= 11 is 0. The quantitative estimate of drug-likeness (QED) is 0.266. The Morgan fingerprint density at radius 1 is 0.921 bits per heavy atom. The number of nitrogens with zero attached hydrogens (tertiary/aromatic N) is 2. The summed E-state index contributed by atoms with van der Waals surface area (Å²) in [5, 5.41) is 15.5. The normalized spacial score (nSPS) is 12.3. The zero-order chi connectivity index (χ0) is 27.3. The molecule has 0 saturated heterocycles. The summed E-state index contributed by atoms with van der Waals surface area (Å²) in [5.41, 5.74) is 3.33. The number of carbonyl (C=O) groups is 3. The van der Waals surface area contributed by atoms with Crippen LogP contribution in [0.1, 0.15) is 41.8 Å². The Kier molecular flexibility index (Phi) is 10.8. The molecule has 2 aromatic carbocycles. The van der Waals surface area contributed by atoms with Crippen LogP contribution >= 0.6 is 0 Å². The highest BCUT2D eigenvalue weighted by atomic mass is 16.5. The Balaban J connectivity index is 1.62. The predicted molar refractivity (Wildman–Crippen MR) is 144 cm³/mol. The van der Waals surface area contributed by atoms with Gasteiger partial charge in [0.15, 0.2) is 5.78 Å². The molecule has 0 radical (unpaired) electrons. The topological polar surface area (TPSA) is 131 Å². The first-order valence-electron chi connectivity index (χ1n) is 12.6. The van der Waals surface area contributed by atoms with Crippen molar-refractivity contribution in [3.63, 3.8) is 0 Å². The number of hydrogen-bond donors (Lipinski definition) is 3. The van der Waals surface area contributed by atoms with Crippen LogP contribution < -0.4 is 10.6 Å². The average molecular weight is 519 g/mol. The Morgan fingerprint density at radius 2 is 1.53 bits per heavy atom. The molecule has 1 aromatic heterocycles. The highest BCUT2D eigenvalue weighted by molar-refractivity contribution is 5.90. The lowest BCUT2D eigenvalue weighted by Gasteiger charge is -2.20. The van der Waals surface area contributed by atoms with Gasteiger partial charge in [0.1, 0.15) is 6.61 Å². The second-order valence-corrected chi connectivity index (χ2v) is 9.20. The fourth-order valence-corrected chi connectivity index (χ4v) is 4.06. The maximum absolute atomic E-state index is 13.2. The van der Waals surface area contributed by atoms with E-state index in [0.29, 0.717) is 25.3 Å². The van der Waals surface area contributed by atoms with Crippen molar-refractivity contribution in [1.29, 1.82) is 0 Å². The summed E-state index contributed by atoms with van der Waals surface area (Å²) < 4.78 is 5.30. The highest BCUT2D eigenvalue weighted by Crippen LogP contribution is 2.16. The van der Waals surface area contributed by atoms with Crippen LogP contribution in [0, 0.1) is 19.8 Å². The highest BCUT2D eigenvalue weighted by Gasteiger charge is 2.28. The minimum atomic E-state index is -1.05. The van der Waals surface area contributed by atoms with Crippen molar-refractivity contribution in [2.75, 3.05) is 11.9 Å². The number of carboxylic acids is 1. The summed E-state index contributed by atoms with van der Waals surface area (Å²) in [7, 11) is 0. The molecule has 0 bridgehead atoms. The third kappa shape index (κ3) is 9.65.